The number of nitrogens with one attached hydrogen (secondary N) is 2. The Labute approximate surface area is 178 Å². The molecular formula is C23H22F3N3O2. The number of pyridine rings is 1. The standard InChI is InChI=1S/C23H22F3N3O2/c1-22(2,3)17-10-4-5-12-19(17)31-20-18(11-7-13-27-20)29-21(30)28-16-9-6-8-15(14-16)23(24,25)26/h4-14H,1-3H3,(H2,28,29,30). The lowest BCUT2D eigenvalue weighted by atomic mass is 9.86. The number of carbonyl (C=O) groups is 1. The van der Waals surface area contributed by atoms with Crippen LogP contribution in [0.5, 0.6) is 11.6 Å². The van der Waals surface area contributed by atoms with Crippen LogP contribution in [0.4, 0.5) is 29.3 Å². The topological polar surface area (TPSA) is 63.2 Å². The zero-order valence-electron chi connectivity index (χ0n) is 17.2. The number of carbonyl (C=O) groups excluding carboxylic acids is 1. The van der Waals surface area contributed by atoms with E-state index in [9.17, 15) is 18.0 Å². The smallest absolute Gasteiger partial charge is 0.416 e. The number of amides is 2. The lowest BCUT2D eigenvalue weighted by molar-refractivity contribution is -0.137. The summed E-state index contributed by atoms with van der Waals surface area (Å²) in [6.45, 7) is 6.15. The highest BCUT2D eigenvalue weighted by molar-refractivity contribution is 6.00. The van der Waals surface area contributed by atoms with Crippen molar-refractivity contribution in [1.29, 1.82) is 0 Å². The first-order valence-corrected chi connectivity index (χ1v) is 9.52. The number of nitrogens with zero attached hydrogens (tertiary/aromatic N) is 1. The number of alkyl halides is 3. The number of urea groups is 1. The van der Waals surface area contributed by atoms with Gasteiger partial charge in [-0.1, -0.05) is 45.0 Å². The Morgan fingerprint density at radius 3 is 2.39 bits per heavy atom. The highest BCUT2D eigenvalue weighted by Crippen LogP contribution is 2.35. The number of hydrogen-bond acceptors (Lipinski definition) is 3. The maximum atomic E-state index is 12.9. The summed E-state index contributed by atoms with van der Waals surface area (Å²) in [5.41, 5.74) is 0.210. The van der Waals surface area contributed by atoms with Gasteiger partial charge in [0.05, 0.1) is 5.56 Å². The Hall–Kier alpha value is -3.55. The van der Waals surface area contributed by atoms with Gasteiger partial charge in [0.1, 0.15) is 11.4 Å². The average molecular weight is 429 g/mol. The lowest BCUT2D eigenvalue weighted by Crippen LogP contribution is -2.20. The molecule has 0 fully saturated rings. The molecule has 162 valence electrons. The van der Waals surface area contributed by atoms with Crippen molar-refractivity contribution in [3.05, 3.63) is 78.0 Å². The highest BCUT2D eigenvalue weighted by atomic mass is 19.4. The molecule has 3 rings (SSSR count). The van der Waals surface area contributed by atoms with E-state index in [0.717, 1.165) is 17.7 Å². The van der Waals surface area contributed by atoms with Crippen LogP contribution in [0.1, 0.15) is 31.9 Å². The second-order valence-electron chi connectivity index (χ2n) is 7.86. The van der Waals surface area contributed by atoms with E-state index in [4.69, 9.17) is 4.74 Å². The Morgan fingerprint density at radius 2 is 1.68 bits per heavy atom. The van der Waals surface area contributed by atoms with Crippen LogP contribution in [0.25, 0.3) is 0 Å². The van der Waals surface area contributed by atoms with E-state index in [1.807, 2.05) is 24.3 Å². The molecule has 0 atom stereocenters. The summed E-state index contributed by atoms with van der Waals surface area (Å²) >= 11 is 0. The molecule has 0 aliphatic carbocycles. The first-order valence-electron chi connectivity index (χ1n) is 9.52. The van der Waals surface area contributed by atoms with Gasteiger partial charge in [-0.3, -0.25) is 0 Å². The summed E-state index contributed by atoms with van der Waals surface area (Å²) in [5.74, 6) is 0.758. The van der Waals surface area contributed by atoms with Crippen molar-refractivity contribution in [2.45, 2.75) is 32.4 Å². The molecule has 2 N–H and O–H groups in total. The van der Waals surface area contributed by atoms with Gasteiger partial charge in [0.2, 0.25) is 5.88 Å². The third kappa shape index (κ3) is 5.75. The van der Waals surface area contributed by atoms with Gasteiger partial charge < -0.3 is 15.4 Å². The molecule has 1 aromatic heterocycles. The van der Waals surface area contributed by atoms with Crippen molar-refractivity contribution in [2.75, 3.05) is 10.6 Å². The second kappa shape index (κ2) is 8.67. The summed E-state index contributed by atoms with van der Waals surface area (Å²) in [5, 5.41) is 4.97. The molecule has 0 spiro atoms. The third-order valence-corrected chi connectivity index (χ3v) is 4.37. The summed E-state index contributed by atoms with van der Waals surface area (Å²) in [6, 6.07) is 14.4. The SMILES string of the molecule is CC(C)(C)c1ccccc1Oc1ncccc1NC(=O)Nc1cccc(C(F)(F)F)c1. The summed E-state index contributed by atoms with van der Waals surface area (Å²) in [4.78, 5) is 16.6. The molecule has 0 unspecified atom stereocenters. The van der Waals surface area contributed by atoms with E-state index >= 15 is 0 Å². The van der Waals surface area contributed by atoms with E-state index in [1.54, 1.807) is 12.1 Å². The number of aromatic nitrogens is 1. The zero-order valence-corrected chi connectivity index (χ0v) is 17.2. The molecule has 0 aliphatic heterocycles. The van der Waals surface area contributed by atoms with Gasteiger partial charge in [-0.2, -0.15) is 13.2 Å². The van der Waals surface area contributed by atoms with E-state index in [1.165, 1.54) is 18.3 Å². The molecule has 31 heavy (non-hydrogen) atoms. The third-order valence-electron chi connectivity index (χ3n) is 4.37. The van der Waals surface area contributed by atoms with Crippen LogP contribution in [0, 0.1) is 0 Å². The van der Waals surface area contributed by atoms with Gasteiger partial charge in [-0.25, -0.2) is 9.78 Å². The van der Waals surface area contributed by atoms with Gasteiger partial charge in [-0.05, 0) is 41.8 Å². The molecule has 2 aromatic carbocycles. The minimum atomic E-state index is -4.50. The maximum Gasteiger partial charge on any atom is 0.416 e. The molecule has 8 heteroatoms. The van der Waals surface area contributed by atoms with Gasteiger partial charge in [-0.15, -0.1) is 0 Å². The molecule has 0 bridgehead atoms. The first-order chi connectivity index (χ1) is 14.5. The minimum Gasteiger partial charge on any atom is -0.437 e. The van der Waals surface area contributed by atoms with Gasteiger partial charge >= 0.3 is 12.2 Å². The fraction of sp³-hybridized carbons (Fsp3) is 0.217. The van der Waals surface area contributed by atoms with E-state index in [2.05, 4.69) is 36.4 Å². The summed E-state index contributed by atoms with van der Waals surface area (Å²) in [6.07, 6.45) is -2.98. The number of ether oxygens (including phenoxy) is 1. The first kappa shape index (κ1) is 22.1. The van der Waals surface area contributed by atoms with Crippen LogP contribution in [0.2, 0.25) is 0 Å². The number of hydrogen-bond donors (Lipinski definition) is 2. The van der Waals surface area contributed by atoms with Gasteiger partial charge in [0.25, 0.3) is 0 Å². The largest absolute Gasteiger partial charge is 0.437 e. The second-order valence-corrected chi connectivity index (χ2v) is 7.86. The molecular weight excluding hydrogens is 407 g/mol. The van der Waals surface area contributed by atoms with Crippen molar-refractivity contribution in [1.82, 2.24) is 4.98 Å². The monoisotopic (exact) mass is 429 g/mol. The van der Waals surface area contributed by atoms with Crippen molar-refractivity contribution in [2.24, 2.45) is 0 Å². The number of rotatable bonds is 4. The van der Waals surface area contributed by atoms with Crippen LogP contribution in [0.3, 0.4) is 0 Å². The Bertz CT molecular complexity index is 1080. The quantitative estimate of drug-likeness (QED) is 0.478. The number of anilines is 2. The Balaban J connectivity index is 1.79. The van der Waals surface area contributed by atoms with Crippen molar-refractivity contribution >= 4 is 17.4 Å². The Morgan fingerprint density at radius 1 is 0.935 bits per heavy atom. The van der Waals surface area contributed by atoms with E-state index in [-0.39, 0.29) is 22.7 Å². The van der Waals surface area contributed by atoms with Crippen molar-refractivity contribution in [3.8, 4) is 11.6 Å². The van der Waals surface area contributed by atoms with Gasteiger partial charge in [0.15, 0.2) is 0 Å². The zero-order chi connectivity index (χ0) is 22.6. The number of para-hydroxylation sites is 1. The predicted octanol–water partition coefficient (Wildman–Crippen LogP) is 6.83. The van der Waals surface area contributed by atoms with E-state index in [0.29, 0.717) is 5.75 Å². The maximum absolute atomic E-state index is 12.9. The molecule has 1 heterocycles. The Kier molecular flexibility index (Phi) is 6.19. The normalized spacial score (nSPS) is 11.7. The highest BCUT2D eigenvalue weighted by Gasteiger charge is 2.30. The van der Waals surface area contributed by atoms with Crippen LogP contribution in [-0.2, 0) is 11.6 Å². The average Bonchev–Trinajstić information content (AvgIpc) is 2.68. The number of halogens is 3. The van der Waals surface area contributed by atoms with Gasteiger partial charge in [0, 0.05) is 17.4 Å². The molecule has 0 saturated carbocycles. The summed E-state index contributed by atoms with van der Waals surface area (Å²) < 4.78 is 44.6. The number of benzene rings is 2. The van der Waals surface area contributed by atoms with Crippen LogP contribution < -0.4 is 15.4 Å². The molecule has 5 nitrogen and oxygen atoms in total. The molecule has 0 radical (unpaired) electrons. The fourth-order valence-corrected chi connectivity index (χ4v) is 2.90. The van der Waals surface area contributed by atoms with Crippen molar-refractivity contribution < 1.29 is 22.7 Å². The lowest BCUT2D eigenvalue weighted by Gasteiger charge is -2.22. The minimum absolute atomic E-state index is 0.0109. The molecule has 0 aliphatic rings. The predicted molar refractivity (Wildman–Crippen MR) is 114 cm³/mol. The summed E-state index contributed by atoms with van der Waals surface area (Å²) in [7, 11) is 0. The molecule has 3 aromatic rings. The fourth-order valence-electron chi connectivity index (χ4n) is 2.90. The molecule has 2 amide bonds. The van der Waals surface area contributed by atoms with Crippen LogP contribution in [-0.4, -0.2) is 11.0 Å². The van der Waals surface area contributed by atoms with Crippen LogP contribution in [0.15, 0.2) is 66.9 Å². The molecule has 0 saturated heterocycles. The van der Waals surface area contributed by atoms with E-state index < -0.39 is 17.8 Å². The van der Waals surface area contributed by atoms with Crippen LogP contribution >= 0.6 is 0 Å². The van der Waals surface area contributed by atoms with Crippen molar-refractivity contribution in [3.63, 3.8) is 0 Å².